The van der Waals surface area contributed by atoms with Crippen LogP contribution in [0.1, 0.15) is 11.3 Å². The summed E-state index contributed by atoms with van der Waals surface area (Å²) >= 11 is 0. The van der Waals surface area contributed by atoms with Gasteiger partial charge in [-0.1, -0.05) is 0 Å². The lowest BCUT2D eigenvalue weighted by Gasteiger charge is -2.17. The zero-order chi connectivity index (χ0) is 15.7. The van der Waals surface area contributed by atoms with Crippen molar-refractivity contribution >= 4 is 11.8 Å². The summed E-state index contributed by atoms with van der Waals surface area (Å²) in [7, 11) is 0. The van der Waals surface area contributed by atoms with E-state index in [4.69, 9.17) is 10.8 Å². The van der Waals surface area contributed by atoms with E-state index in [0.717, 1.165) is 0 Å². The summed E-state index contributed by atoms with van der Waals surface area (Å²) in [5.41, 5.74) is 2.11. The molecule has 11 heteroatoms. The van der Waals surface area contributed by atoms with Crippen molar-refractivity contribution in [1.29, 1.82) is 0 Å². The molecule has 20 heavy (non-hydrogen) atoms. The number of nitrogens with zero attached hydrogens (tertiary/aromatic N) is 1. The standard InChI is InChI=1S/C9H6F6N2O3/c10-8(11,12)7-6(20-9(13,14)15)3(2-5(18)19)1-4(16)17-7/h1H,2H2,(H2,16,17)(H,18,19). The molecule has 0 aliphatic carbocycles. The minimum atomic E-state index is -5.44. The lowest BCUT2D eigenvalue weighted by Crippen LogP contribution is -2.23. The van der Waals surface area contributed by atoms with Crippen molar-refractivity contribution in [2.24, 2.45) is 0 Å². The van der Waals surface area contributed by atoms with Crippen molar-refractivity contribution in [2.45, 2.75) is 19.0 Å². The fourth-order valence-electron chi connectivity index (χ4n) is 1.32. The number of ether oxygens (including phenoxy) is 1. The molecule has 0 fully saturated rings. The molecule has 0 saturated carbocycles. The van der Waals surface area contributed by atoms with Crippen molar-refractivity contribution in [2.75, 3.05) is 5.73 Å². The smallest absolute Gasteiger partial charge is 0.481 e. The molecule has 0 amide bonds. The van der Waals surface area contributed by atoms with Crippen LogP contribution in [0.15, 0.2) is 6.07 Å². The molecular formula is C9H6F6N2O3. The van der Waals surface area contributed by atoms with E-state index in [1.165, 1.54) is 0 Å². The number of carboxylic acids is 1. The Labute approximate surface area is 107 Å². The van der Waals surface area contributed by atoms with Crippen LogP contribution in [0.2, 0.25) is 0 Å². The Morgan fingerprint density at radius 2 is 1.85 bits per heavy atom. The summed E-state index contributed by atoms with van der Waals surface area (Å²) in [5, 5.41) is 8.49. The van der Waals surface area contributed by atoms with Gasteiger partial charge in [0.15, 0.2) is 11.4 Å². The molecule has 5 nitrogen and oxygen atoms in total. The molecule has 112 valence electrons. The van der Waals surface area contributed by atoms with Gasteiger partial charge in [0.25, 0.3) is 0 Å². The molecule has 0 unspecified atom stereocenters. The number of anilines is 1. The van der Waals surface area contributed by atoms with E-state index in [0.29, 0.717) is 6.07 Å². The van der Waals surface area contributed by atoms with Crippen molar-refractivity contribution in [1.82, 2.24) is 4.98 Å². The van der Waals surface area contributed by atoms with Gasteiger partial charge in [-0.05, 0) is 6.07 Å². The van der Waals surface area contributed by atoms with Crippen LogP contribution < -0.4 is 10.5 Å². The largest absolute Gasteiger partial charge is 0.573 e. The van der Waals surface area contributed by atoms with Gasteiger partial charge in [0, 0.05) is 5.56 Å². The number of aromatic nitrogens is 1. The van der Waals surface area contributed by atoms with Crippen LogP contribution in [0, 0.1) is 0 Å². The Morgan fingerprint density at radius 1 is 1.30 bits per heavy atom. The van der Waals surface area contributed by atoms with Crippen LogP contribution >= 0.6 is 0 Å². The zero-order valence-corrected chi connectivity index (χ0v) is 9.34. The summed E-state index contributed by atoms with van der Waals surface area (Å²) < 4.78 is 77.5. The highest BCUT2D eigenvalue weighted by Gasteiger charge is 2.42. The molecule has 1 rings (SSSR count). The molecule has 0 radical (unpaired) electrons. The molecule has 3 N–H and O–H groups in total. The van der Waals surface area contributed by atoms with Gasteiger partial charge in [0.1, 0.15) is 5.82 Å². The molecule has 1 aromatic rings. The van der Waals surface area contributed by atoms with E-state index in [2.05, 4.69) is 9.72 Å². The molecule has 0 bridgehead atoms. The van der Waals surface area contributed by atoms with E-state index >= 15 is 0 Å². The lowest BCUT2D eigenvalue weighted by atomic mass is 10.1. The average molecular weight is 304 g/mol. The second-order valence-electron chi connectivity index (χ2n) is 3.50. The second kappa shape index (κ2) is 5.06. The lowest BCUT2D eigenvalue weighted by molar-refractivity contribution is -0.276. The third-order valence-corrected chi connectivity index (χ3v) is 1.90. The van der Waals surface area contributed by atoms with Gasteiger partial charge in [-0.15, -0.1) is 13.2 Å². The van der Waals surface area contributed by atoms with Crippen molar-refractivity contribution in [3.63, 3.8) is 0 Å². The molecule has 0 spiro atoms. The molecule has 0 aromatic carbocycles. The van der Waals surface area contributed by atoms with Crippen LogP contribution in [-0.2, 0) is 17.4 Å². The number of alkyl halides is 6. The third-order valence-electron chi connectivity index (χ3n) is 1.90. The average Bonchev–Trinajstić information content (AvgIpc) is 2.17. The number of pyridine rings is 1. The number of hydrogen-bond acceptors (Lipinski definition) is 4. The Bertz CT molecular complexity index is 526. The Balaban J connectivity index is 3.49. The maximum absolute atomic E-state index is 12.6. The summed E-state index contributed by atoms with van der Waals surface area (Å²) in [6.07, 6.45) is -11.9. The third kappa shape index (κ3) is 4.17. The predicted octanol–water partition coefficient (Wildman–Crippen LogP) is 2.21. The quantitative estimate of drug-likeness (QED) is 0.836. The number of nitrogen functional groups attached to an aromatic ring is 1. The van der Waals surface area contributed by atoms with Crippen molar-refractivity contribution in [3.05, 3.63) is 17.3 Å². The van der Waals surface area contributed by atoms with Crippen LogP contribution in [0.4, 0.5) is 32.2 Å². The number of hydrogen-bond donors (Lipinski definition) is 2. The first-order valence-corrected chi connectivity index (χ1v) is 4.74. The Kier molecular flexibility index (Phi) is 4.01. The molecule has 0 atom stereocenters. The normalized spacial score (nSPS) is 12.3. The van der Waals surface area contributed by atoms with Gasteiger partial charge in [-0.3, -0.25) is 4.79 Å². The van der Waals surface area contributed by atoms with E-state index in [1.54, 1.807) is 0 Å². The topological polar surface area (TPSA) is 85.4 Å². The molecule has 0 aliphatic rings. The van der Waals surface area contributed by atoms with Gasteiger partial charge in [0.2, 0.25) is 0 Å². The van der Waals surface area contributed by atoms with E-state index in [1.807, 2.05) is 0 Å². The zero-order valence-electron chi connectivity index (χ0n) is 9.34. The van der Waals surface area contributed by atoms with Crippen molar-refractivity contribution < 1.29 is 41.0 Å². The van der Waals surface area contributed by atoms with Crippen LogP contribution in [0.5, 0.6) is 5.75 Å². The first kappa shape index (κ1) is 15.9. The summed E-state index contributed by atoms with van der Waals surface area (Å²) in [4.78, 5) is 13.2. The maximum atomic E-state index is 12.6. The number of rotatable bonds is 3. The summed E-state index contributed by atoms with van der Waals surface area (Å²) in [6.45, 7) is 0. The van der Waals surface area contributed by atoms with Crippen LogP contribution in [-0.4, -0.2) is 22.4 Å². The Hall–Kier alpha value is -2.20. The van der Waals surface area contributed by atoms with Gasteiger partial charge in [-0.2, -0.15) is 13.2 Å². The summed E-state index contributed by atoms with van der Waals surface area (Å²) in [5.74, 6) is -4.15. The number of nitrogens with two attached hydrogens (primary N) is 1. The van der Waals surface area contributed by atoms with Crippen molar-refractivity contribution in [3.8, 4) is 5.75 Å². The highest BCUT2D eigenvalue weighted by atomic mass is 19.4. The van der Waals surface area contributed by atoms with Gasteiger partial charge in [0.05, 0.1) is 6.42 Å². The highest BCUT2D eigenvalue weighted by molar-refractivity contribution is 5.72. The fraction of sp³-hybridized carbons (Fsp3) is 0.333. The second-order valence-corrected chi connectivity index (χ2v) is 3.50. The van der Waals surface area contributed by atoms with Gasteiger partial charge < -0.3 is 15.6 Å². The van der Waals surface area contributed by atoms with Gasteiger partial charge >= 0.3 is 18.5 Å². The molecule has 1 aromatic heterocycles. The van der Waals surface area contributed by atoms with E-state index in [-0.39, 0.29) is 0 Å². The maximum Gasteiger partial charge on any atom is 0.573 e. The summed E-state index contributed by atoms with van der Waals surface area (Å²) in [6, 6.07) is 0.574. The van der Waals surface area contributed by atoms with Gasteiger partial charge in [-0.25, -0.2) is 4.98 Å². The fourth-order valence-corrected chi connectivity index (χ4v) is 1.32. The number of aliphatic carboxylic acids is 1. The number of carbonyl (C=O) groups is 1. The molecule has 0 aliphatic heterocycles. The van der Waals surface area contributed by atoms with E-state index < -0.39 is 47.8 Å². The monoisotopic (exact) mass is 304 g/mol. The molecule has 0 saturated heterocycles. The number of carboxylic acid groups (broad SMARTS) is 1. The minimum absolute atomic E-state index is 0.574. The first-order valence-electron chi connectivity index (χ1n) is 4.74. The van der Waals surface area contributed by atoms with Crippen LogP contribution in [0.3, 0.4) is 0 Å². The molecular weight excluding hydrogens is 298 g/mol. The van der Waals surface area contributed by atoms with E-state index in [9.17, 15) is 31.1 Å². The van der Waals surface area contributed by atoms with Crippen LogP contribution in [0.25, 0.3) is 0 Å². The Morgan fingerprint density at radius 3 is 2.25 bits per heavy atom. The SMILES string of the molecule is Nc1cc(CC(=O)O)c(OC(F)(F)F)c(C(F)(F)F)n1. The minimum Gasteiger partial charge on any atom is -0.481 e. The predicted molar refractivity (Wildman–Crippen MR) is 51.7 cm³/mol. The number of halogens is 6. The highest BCUT2D eigenvalue weighted by Crippen LogP contribution is 2.40. The molecule has 1 heterocycles. The first-order chi connectivity index (χ1) is 8.90.